The van der Waals surface area contributed by atoms with Crippen molar-refractivity contribution in [2.24, 2.45) is 5.16 Å². The zero-order chi connectivity index (χ0) is 19.9. The van der Waals surface area contributed by atoms with Crippen molar-refractivity contribution >= 4 is 23.4 Å². The number of benzene rings is 3. The summed E-state index contributed by atoms with van der Waals surface area (Å²) < 4.78 is 0. The highest BCUT2D eigenvalue weighted by molar-refractivity contribution is 8.00. The summed E-state index contributed by atoms with van der Waals surface area (Å²) in [6.45, 7) is 1.98. The predicted molar refractivity (Wildman–Crippen MR) is 113 cm³/mol. The van der Waals surface area contributed by atoms with Gasteiger partial charge in [-0.05, 0) is 35.7 Å². The quantitative estimate of drug-likeness (QED) is 0.242. The van der Waals surface area contributed by atoms with Crippen LogP contribution in [0.4, 0.5) is 0 Å². The molecule has 2 N–H and O–H groups in total. The topological polar surface area (TPSA) is 69.9 Å². The zero-order valence-electron chi connectivity index (χ0n) is 15.4. The van der Waals surface area contributed by atoms with Gasteiger partial charge in [-0.2, -0.15) is 0 Å². The van der Waals surface area contributed by atoms with Crippen LogP contribution in [0.15, 0.2) is 88.9 Å². The van der Waals surface area contributed by atoms with Gasteiger partial charge in [-0.25, -0.2) is 0 Å². The number of carbonyl (C=O) groups is 1. The summed E-state index contributed by atoms with van der Waals surface area (Å²) in [6, 6.07) is 25.3. The smallest absolute Gasteiger partial charge is 0.317 e. The fourth-order valence-electron chi connectivity index (χ4n) is 2.84. The molecule has 0 heterocycles. The lowest BCUT2D eigenvalue weighted by molar-refractivity contribution is -0.136. The average molecular weight is 391 g/mol. The molecular formula is C23H21NO3S. The highest BCUT2D eigenvalue weighted by Gasteiger charge is 2.22. The van der Waals surface area contributed by atoms with Crippen LogP contribution in [0, 0.1) is 6.92 Å². The standard InChI is InChI=1S/C23H21NO3S/c1-16-7-13-20(14-8-16)28-22(23(25)26)15-21(24-27)19-11-9-18(10-12-19)17-5-3-2-4-6-17/h2-14,22,27H,15H2,1H3,(H,25,26). The van der Waals surface area contributed by atoms with Gasteiger partial charge in [0.2, 0.25) is 0 Å². The van der Waals surface area contributed by atoms with Crippen LogP contribution in [0.3, 0.4) is 0 Å². The van der Waals surface area contributed by atoms with Gasteiger partial charge in [0.25, 0.3) is 0 Å². The number of carboxylic acids is 1. The molecule has 0 aliphatic heterocycles. The van der Waals surface area contributed by atoms with Crippen LogP contribution >= 0.6 is 11.8 Å². The Hall–Kier alpha value is -3.05. The highest BCUT2D eigenvalue weighted by atomic mass is 32.2. The molecule has 0 fully saturated rings. The van der Waals surface area contributed by atoms with E-state index in [0.717, 1.165) is 21.6 Å². The molecule has 0 aliphatic carbocycles. The molecule has 3 rings (SSSR count). The number of carboxylic acid groups (broad SMARTS) is 1. The van der Waals surface area contributed by atoms with E-state index < -0.39 is 11.2 Å². The second-order valence-corrected chi connectivity index (χ2v) is 7.73. The lowest BCUT2D eigenvalue weighted by atomic mass is 10.0. The van der Waals surface area contributed by atoms with Gasteiger partial charge in [0.15, 0.2) is 0 Å². The molecule has 28 heavy (non-hydrogen) atoms. The van der Waals surface area contributed by atoms with Crippen LogP contribution in [0.2, 0.25) is 0 Å². The molecule has 3 aromatic carbocycles. The van der Waals surface area contributed by atoms with Crippen LogP contribution in [0.25, 0.3) is 11.1 Å². The summed E-state index contributed by atoms with van der Waals surface area (Å²) in [5.74, 6) is -0.937. The number of nitrogens with zero attached hydrogens (tertiary/aromatic N) is 1. The Kier molecular flexibility index (Phi) is 6.50. The molecule has 0 spiro atoms. The van der Waals surface area contributed by atoms with E-state index in [4.69, 9.17) is 0 Å². The summed E-state index contributed by atoms with van der Waals surface area (Å²) in [5.41, 5.74) is 4.32. The summed E-state index contributed by atoms with van der Waals surface area (Å²) in [4.78, 5) is 12.6. The summed E-state index contributed by atoms with van der Waals surface area (Å²) in [7, 11) is 0. The van der Waals surface area contributed by atoms with Gasteiger partial charge >= 0.3 is 5.97 Å². The van der Waals surface area contributed by atoms with Gasteiger partial charge in [0, 0.05) is 11.3 Å². The number of hydrogen-bond acceptors (Lipinski definition) is 4. The van der Waals surface area contributed by atoms with E-state index in [-0.39, 0.29) is 6.42 Å². The molecule has 3 aromatic rings. The maximum Gasteiger partial charge on any atom is 0.317 e. The normalized spacial score (nSPS) is 12.5. The summed E-state index contributed by atoms with van der Waals surface area (Å²) in [6.07, 6.45) is 0.120. The molecule has 0 aromatic heterocycles. The molecule has 1 unspecified atom stereocenters. The molecule has 1 atom stereocenters. The third-order valence-corrected chi connectivity index (χ3v) is 5.60. The Morgan fingerprint density at radius 1 is 0.929 bits per heavy atom. The molecule has 142 valence electrons. The van der Waals surface area contributed by atoms with E-state index in [0.29, 0.717) is 11.3 Å². The van der Waals surface area contributed by atoms with E-state index in [9.17, 15) is 15.1 Å². The van der Waals surface area contributed by atoms with E-state index in [1.165, 1.54) is 11.8 Å². The third kappa shape index (κ3) is 5.02. The Morgan fingerprint density at radius 2 is 1.54 bits per heavy atom. The van der Waals surface area contributed by atoms with Crippen LogP contribution in [-0.4, -0.2) is 27.2 Å². The fourth-order valence-corrected chi connectivity index (χ4v) is 3.80. The molecular weight excluding hydrogens is 370 g/mol. The molecule has 0 aliphatic rings. The van der Waals surface area contributed by atoms with Crippen molar-refractivity contribution in [3.8, 4) is 11.1 Å². The van der Waals surface area contributed by atoms with Crippen LogP contribution in [0.5, 0.6) is 0 Å². The Labute approximate surface area is 168 Å². The van der Waals surface area contributed by atoms with Gasteiger partial charge < -0.3 is 10.3 Å². The van der Waals surface area contributed by atoms with Gasteiger partial charge in [0.1, 0.15) is 5.25 Å². The van der Waals surface area contributed by atoms with Gasteiger partial charge in [-0.3, -0.25) is 4.79 Å². The molecule has 0 bridgehead atoms. The van der Waals surface area contributed by atoms with Crippen LogP contribution < -0.4 is 0 Å². The molecule has 0 saturated heterocycles. The lowest BCUT2D eigenvalue weighted by Gasteiger charge is -2.14. The first-order chi connectivity index (χ1) is 13.6. The maximum absolute atomic E-state index is 11.7. The third-order valence-electron chi connectivity index (χ3n) is 4.40. The Balaban J connectivity index is 1.76. The second-order valence-electron chi connectivity index (χ2n) is 6.45. The average Bonchev–Trinajstić information content (AvgIpc) is 2.73. The highest BCUT2D eigenvalue weighted by Crippen LogP contribution is 2.28. The number of oxime groups is 1. The van der Waals surface area contributed by atoms with Crippen LogP contribution in [-0.2, 0) is 4.79 Å². The van der Waals surface area contributed by atoms with Crippen molar-refractivity contribution in [1.82, 2.24) is 0 Å². The molecule has 0 amide bonds. The summed E-state index contributed by atoms with van der Waals surface area (Å²) >= 11 is 1.25. The van der Waals surface area contributed by atoms with Gasteiger partial charge in [-0.15, -0.1) is 11.8 Å². The summed E-state index contributed by atoms with van der Waals surface area (Å²) in [5, 5.41) is 21.7. The van der Waals surface area contributed by atoms with E-state index in [2.05, 4.69) is 5.16 Å². The maximum atomic E-state index is 11.7. The molecule has 0 saturated carbocycles. The minimum Gasteiger partial charge on any atom is -0.480 e. The number of hydrogen-bond donors (Lipinski definition) is 2. The SMILES string of the molecule is Cc1ccc(SC(CC(=NO)c2ccc(-c3ccccc3)cc2)C(=O)O)cc1. The Morgan fingerprint density at radius 3 is 2.11 bits per heavy atom. The lowest BCUT2D eigenvalue weighted by Crippen LogP contribution is -2.21. The zero-order valence-corrected chi connectivity index (χ0v) is 16.3. The first-order valence-electron chi connectivity index (χ1n) is 8.90. The predicted octanol–water partition coefficient (Wildman–Crippen LogP) is 5.48. The first-order valence-corrected chi connectivity index (χ1v) is 9.77. The van der Waals surface area contributed by atoms with E-state index in [1.54, 1.807) is 0 Å². The number of aryl methyl sites for hydroxylation is 1. The van der Waals surface area contributed by atoms with Crippen molar-refractivity contribution in [1.29, 1.82) is 0 Å². The van der Waals surface area contributed by atoms with Crippen molar-refractivity contribution in [2.45, 2.75) is 23.5 Å². The van der Waals surface area contributed by atoms with Gasteiger partial charge in [-0.1, -0.05) is 77.4 Å². The van der Waals surface area contributed by atoms with Crippen molar-refractivity contribution in [3.05, 3.63) is 90.0 Å². The number of aliphatic carboxylic acids is 1. The minimum atomic E-state index is -0.937. The van der Waals surface area contributed by atoms with E-state index >= 15 is 0 Å². The monoisotopic (exact) mass is 391 g/mol. The van der Waals surface area contributed by atoms with Crippen LogP contribution in [0.1, 0.15) is 17.5 Å². The largest absolute Gasteiger partial charge is 0.480 e. The molecule has 4 nitrogen and oxygen atoms in total. The van der Waals surface area contributed by atoms with E-state index in [1.807, 2.05) is 85.8 Å². The molecule has 5 heteroatoms. The van der Waals surface area contributed by atoms with Crippen molar-refractivity contribution in [2.75, 3.05) is 0 Å². The van der Waals surface area contributed by atoms with Gasteiger partial charge in [0.05, 0.1) is 5.71 Å². The second kappa shape index (κ2) is 9.24. The Bertz CT molecular complexity index is 951. The molecule has 0 radical (unpaired) electrons. The number of rotatable bonds is 7. The number of thioether (sulfide) groups is 1. The van der Waals surface area contributed by atoms with Crippen molar-refractivity contribution < 1.29 is 15.1 Å². The minimum absolute atomic E-state index is 0.120. The fraction of sp³-hybridized carbons (Fsp3) is 0.130. The first kappa shape index (κ1) is 19.7. The van der Waals surface area contributed by atoms with Crippen molar-refractivity contribution in [3.63, 3.8) is 0 Å².